The van der Waals surface area contributed by atoms with E-state index in [1.54, 1.807) is 0 Å². The van der Waals surface area contributed by atoms with Crippen molar-refractivity contribution in [3.8, 4) is 5.75 Å². The van der Waals surface area contributed by atoms with Crippen molar-refractivity contribution < 1.29 is 4.74 Å². The van der Waals surface area contributed by atoms with E-state index in [1.165, 1.54) is 12.8 Å². The second kappa shape index (κ2) is 5.63. The molecule has 0 heterocycles. The third-order valence-corrected chi connectivity index (χ3v) is 1.98. The van der Waals surface area contributed by atoms with Crippen LogP contribution in [0.4, 0.5) is 0 Å². The van der Waals surface area contributed by atoms with Gasteiger partial charge in [0.05, 0.1) is 6.61 Å². The first-order valence-corrected chi connectivity index (χ1v) is 4.88. The van der Waals surface area contributed by atoms with Gasteiger partial charge in [-0.1, -0.05) is 38.0 Å². The molecule has 0 N–H and O–H groups in total. The van der Waals surface area contributed by atoms with Gasteiger partial charge in [0.2, 0.25) is 0 Å². The maximum absolute atomic E-state index is 5.58. The Morgan fingerprint density at radius 1 is 1.23 bits per heavy atom. The highest BCUT2D eigenvalue weighted by Gasteiger charge is 1.96. The number of hydrogen-bond donors (Lipinski definition) is 0. The molecule has 0 fully saturated rings. The summed E-state index contributed by atoms with van der Waals surface area (Å²) in [6.45, 7) is 6.89. The van der Waals surface area contributed by atoms with Crippen LogP contribution in [0.15, 0.2) is 24.3 Å². The minimum Gasteiger partial charge on any atom is -0.493 e. The Bertz CT molecular complexity index is 243. The Morgan fingerprint density at radius 3 is 2.69 bits per heavy atom. The SMILES string of the molecule is [CH2]c1ccccc1OCCCCC. The van der Waals surface area contributed by atoms with E-state index in [9.17, 15) is 0 Å². The van der Waals surface area contributed by atoms with Gasteiger partial charge >= 0.3 is 0 Å². The van der Waals surface area contributed by atoms with Gasteiger partial charge in [-0.2, -0.15) is 0 Å². The molecule has 0 bridgehead atoms. The van der Waals surface area contributed by atoms with E-state index in [0.29, 0.717) is 0 Å². The molecule has 0 spiro atoms. The summed E-state index contributed by atoms with van der Waals surface area (Å²) in [5, 5.41) is 0. The summed E-state index contributed by atoms with van der Waals surface area (Å²) in [5.41, 5.74) is 0.971. The molecule has 1 heteroatoms. The highest BCUT2D eigenvalue weighted by atomic mass is 16.5. The third kappa shape index (κ3) is 3.49. The number of hydrogen-bond acceptors (Lipinski definition) is 1. The summed E-state index contributed by atoms with van der Waals surface area (Å²) in [6.07, 6.45) is 3.60. The zero-order valence-corrected chi connectivity index (χ0v) is 8.25. The van der Waals surface area contributed by atoms with Crippen LogP contribution >= 0.6 is 0 Å². The fourth-order valence-electron chi connectivity index (χ4n) is 1.18. The second-order valence-corrected chi connectivity index (χ2v) is 3.16. The van der Waals surface area contributed by atoms with Gasteiger partial charge in [-0.25, -0.2) is 0 Å². The largest absolute Gasteiger partial charge is 0.493 e. The molecule has 0 aliphatic rings. The van der Waals surface area contributed by atoms with Crippen LogP contribution in [0.3, 0.4) is 0 Å². The monoisotopic (exact) mass is 177 g/mol. The lowest BCUT2D eigenvalue weighted by Crippen LogP contribution is -1.98. The smallest absolute Gasteiger partial charge is 0.122 e. The molecule has 0 amide bonds. The molecule has 0 atom stereocenters. The molecule has 0 unspecified atom stereocenters. The lowest BCUT2D eigenvalue weighted by molar-refractivity contribution is 0.305. The molecule has 0 aromatic heterocycles. The van der Waals surface area contributed by atoms with Gasteiger partial charge in [-0.15, -0.1) is 0 Å². The first-order chi connectivity index (χ1) is 6.34. The Balaban J connectivity index is 2.32. The van der Waals surface area contributed by atoms with Crippen molar-refractivity contribution in [2.45, 2.75) is 26.2 Å². The van der Waals surface area contributed by atoms with Crippen LogP contribution in [0.1, 0.15) is 31.7 Å². The second-order valence-electron chi connectivity index (χ2n) is 3.16. The van der Waals surface area contributed by atoms with Crippen molar-refractivity contribution >= 4 is 0 Å². The molecule has 1 rings (SSSR count). The van der Waals surface area contributed by atoms with Crippen LogP contribution < -0.4 is 4.74 Å². The maximum atomic E-state index is 5.58. The van der Waals surface area contributed by atoms with E-state index in [2.05, 4.69) is 13.8 Å². The van der Waals surface area contributed by atoms with E-state index >= 15 is 0 Å². The molecular formula is C12H17O. The van der Waals surface area contributed by atoms with Crippen molar-refractivity contribution in [2.24, 2.45) is 0 Å². The van der Waals surface area contributed by atoms with Crippen LogP contribution in [0.25, 0.3) is 0 Å². The lowest BCUT2D eigenvalue weighted by Gasteiger charge is -2.07. The number of ether oxygens (including phenoxy) is 1. The Hall–Kier alpha value is -0.980. The van der Waals surface area contributed by atoms with Crippen molar-refractivity contribution in [2.75, 3.05) is 6.61 Å². The zero-order chi connectivity index (χ0) is 9.52. The van der Waals surface area contributed by atoms with Crippen LogP contribution in [0, 0.1) is 6.92 Å². The van der Waals surface area contributed by atoms with Crippen LogP contribution in [-0.2, 0) is 0 Å². The minimum atomic E-state index is 0.806. The summed E-state index contributed by atoms with van der Waals surface area (Å²) in [4.78, 5) is 0. The van der Waals surface area contributed by atoms with Gasteiger partial charge in [0.15, 0.2) is 0 Å². The topological polar surface area (TPSA) is 9.23 Å². The van der Waals surface area contributed by atoms with E-state index < -0.39 is 0 Å². The number of unbranched alkanes of at least 4 members (excludes halogenated alkanes) is 2. The number of benzene rings is 1. The first kappa shape index (κ1) is 10.1. The predicted molar refractivity (Wildman–Crippen MR) is 55.9 cm³/mol. The molecular weight excluding hydrogens is 160 g/mol. The summed E-state index contributed by atoms with van der Waals surface area (Å²) in [6, 6.07) is 7.88. The van der Waals surface area contributed by atoms with E-state index in [0.717, 1.165) is 24.3 Å². The molecule has 1 aromatic carbocycles. The molecule has 0 saturated carbocycles. The fraction of sp³-hybridized carbons (Fsp3) is 0.417. The van der Waals surface area contributed by atoms with E-state index in [4.69, 9.17) is 4.74 Å². The van der Waals surface area contributed by atoms with Gasteiger partial charge < -0.3 is 4.74 Å². The van der Waals surface area contributed by atoms with Gasteiger partial charge in [-0.05, 0) is 25.0 Å². The van der Waals surface area contributed by atoms with E-state index in [1.807, 2.05) is 24.3 Å². The summed E-state index contributed by atoms with van der Waals surface area (Å²) >= 11 is 0. The summed E-state index contributed by atoms with van der Waals surface area (Å²) in [5.74, 6) is 0.915. The Morgan fingerprint density at radius 2 is 2.00 bits per heavy atom. The van der Waals surface area contributed by atoms with Gasteiger partial charge in [0.1, 0.15) is 5.75 Å². The molecule has 1 aromatic rings. The average molecular weight is 177 g/mol. The Kier molecular flexibility index (Phi) is 4.37. The van der Waals surface area contributed by atoms with Gasteiger partial charge in [-0.3, -0.25) is 0 Å². The average Bonchev–Trinajstić information content (AvgIpc) is 2.15. The standard InChI is InChI=1S/C12H17O/c1-3-4-7-10-13-12-9-6-5-8-11(12)2/h5-6,8-9H,2-4,7,10H2,1H3. The van der Waals surface area contributed by atoms with Crippen LogP contribution in [0.2, 0.25) is 0 Å². The molecule has 71 valence electrons. The first-order valence-electron chi connectivity index (χ1n) is 4.88. The van der Waals surface area contributed by atoms with Crippen molar-refractivity contribution in [1.29, 1.82) is 0 Å². The highest BCUT2D eigenvalue weighted by Crippen LogP contribution is 2.16. The lowest BCUT2D eigenvalue weighted by atomic mass is 10.2. The molecule has 0 aliphatic carbocycles. The number of rotatable bonds is 5. The third-order valence-electron chi connectivity index (χ3n) is 1.98. The number of para-hydroxylation sites is 1. The minimum absolute atomic E-state index is 0.806. The highest BCUT2D eigenvalue weighted by molar-refractivity contribution is 5.35. The quantitative estimate of drug-likeness (QED) is 0.626. The molecule has 0 aliphatic heterocycles. The predicted octanol–water partition coefficient (Wildman–Crippen LogP) is 3.44. The van der Waals surface area contributed by atoms with Crippen molar-refractivity contribution in [1.82, 2.24) is 0 Å². The van der Waals surface area contributed by atoms with Gasteiger partial charge in [0, 0.05) is 0 Å². The Labute approximate surface area is 80.7 Å². The maximum Gasteiger partial charge on any atom is 0.122 e. The summed E-state index contributed by atoms with van der Waals surface area (Å²) < 4.78 is 5.58. The van der Waals surface area contributed by atoms with Crippen LogP contribution in [-0.4, -0.2) is 6.61 Å². The molecule has 13 heavy (non-hydrogen) atoms. The van der Waals surface area contributed by atoms with Crippen molar-refractivity contribution in [3.63, 3.8) is 0 Å². The summed E-state index contributed by atoms with van der Waals surface area (Å²) in [7, 11) is 0. The molecule has 1 radical (unpaired) electrons. The normalized spacial score (nSPS) is 10.0. The van der Waals surface area contributed by atoms with Gasteiger partial charge in [0.25, 0.3) is 0 Å². The van der Waals surface area contributed by atoms with E-state index in [-0.39, 0.29) is 0 Å². The zero-order valence-electron chi connectivity index (χ0n) is 8.25. The molecule has 0 saturated heterocycles. The van der Waals surface area contributed by atoms with Crippen LogP contribution in [0.5, 0.6) is 5.75 Å². The fourth-order valence-corrected chi connectivity index (χ4v) is 1.18. The van der Waals surface area contributed by atoms with Crippen molar-refractivity contribution in [3.05, 3.63) is 36.8 Å². The molecule has 1 nitrogen and oxygen atoms in total.